The molecule has 0 spiro atoms. The van der Waals surface area contributed by atoms with Gasteiger partial charge in [-0.05, 0) is 73.8 Å². The predicted molar refractivity (Wildman–Crippen MR) is 133 cm³/mol. The third-order valence-electron chi connectivity index (χ3n) is 6.62. The fraction of sp³-hybridized carbons (Fsp3) is 0.423. The number of hydrogen-bond donors (Lipinski definition) is 1. The normalized spacial score (nSPS) is 16.8. The number of halogens is 2. The first-order valence-corrected chi connectivity index (χ1v) is 12.5. The van der Waals surface area contributed by atoms with Gasteiger partial charge in [0, 0.05) is 34.7 Å². The van der Waals surface area contributed by atoms with Gasteiger partial charge in [-0.1, -0.05) is 23.4 Å². The molecule has 4 rings (SSSR count). The topological polar surface area (TPSA) is 45.6 Å². The molecule has 1 atom stereocenters. The zero-order chi connectivity index (χ0) is 23.3. The number of pyridine rings is 1. The van der Waals surface area contributed by atoms with Crippen LogP contribution in [0.5, 0.6) is 5.75 Å². The van der Waals surface area contributed by atoms with Crippen LogP contribution < -0.4 is 4.74 Å². The van der Waals surface area contributed by atoms with E-state index in [-0.39, 0.29) is 12.0 Å². The van der Waals surface area contributed by atoms with Crippen molar-refractivity contribution >= 4 is 33.8 Å². The number of rotatable bonds is 7. The summed E-state index contributed by atoms with van der Waals surface area (Å²) < 4.78 is 20.8. The number of aliphatic hydroxyl groups excluding tert-OH is 1. The second-order valence-corrected chi connectivity index (χ2v) is 9.84. The molecule has 0 amide bonds. The number of hydrogen-bond acceptors (Lipinski definition) is 5. The third-order valence-corrected chi connectivity index (χ3v) is 7.60. The lowest BCUT2D eigenvalue weighted by atomic mass is 9.74. The second-order valence-electron chi connectivity index (χ2n) is 8.66. The van der Waals surface area contributed by atoms with Crippen molar-refractivity contribution in [1.29, 1.82) is 0 Å². The van der Waals surface area contributed by atoms with Gasteiger partial charge in [0.05, 0.1) is 24.2 Å². The summed E-state index contributed by atoms with van der Waals surface area (Å²) in [7, 11) is 1.58. The maximum Gasteiger partial charge on any atom is 0.127 e. The Morgan fingerprint density at radius 3 is 2.85 bits per heavy atom. The van der Waals surface area contributed by atoms with E-state index in [2.05, 4.69) is 21.7 Å². The first-order chi connectivity index (χ1) is 16.0. The molecular weight excluding hydrogens is 459 g/mol. The van der Waals surface area contributed by atoms with Crippen LogP contribution in [0.2, 0.25) is 5.02 Å². The summed E-state index contributed by atoms with van der Waals surface area (Å²) in [6, 6.07) is 7.42. The van der Waals surface area contributed by atoms with Gasteiger partial charge in [-0.25, -0.2) is 4.39 Å². The molecule has 3 heterocycles. The van der Waals surface area contributed by atoms with Crippen molar-refractivity contribution in [3.63, 3.8) is 0 Å². The molecule has 1 aliphatic rings. The molecular formula is C26H28ClFN2O2S. The summed E-state index contributed by atoms with van der Waals surface area (Å²) in [6.07, 6.45) is 2.82. The summed E-state index contributed by atoms with van der Waals surface area (Å²) in [5, 5.41) is 15.2. The molecule has 1 aliphatic heterocycles. The number of piperidine rings is 1. The number of alkyl halides is 1. The largest absolute Gasteiger partial charge is 0.497 e. The molecule has 0 bridgehead atoms. The van der Waals surface area contributed by atoms with E-state index in [0.717, 1.165) is 31.5 Å². The van der Waals surface area contributed by atoms with Gasteiger partial charge in [0.2, 0.25) is 0 Å². The molecule has 0 saturated carbocycles. The van der Waals surface area contributed by atoms with Crippen molar-refractivity contribution in [3.8, 4) is 17.6 Å². The van der Waals surface area contributed by atoms with E-state index in [0.29, 0.717) is 46.6 Å². The Balaban J connectivity index is 1.39. The van der Waals surface area contributed by atoms with E-state index in [4.69, 9.17) is 16.3 Å². The molecule has 0 unspecified atom stereocenters. The van der Waals surface area contributed by atoms with Gasteiger partial charge in [-0.3, -0.25) is 9.88 Å². The number of nitrogens with zero attached hydrogens (tertiary/aromatic N) is 2. The molecule has 7 heteroatoms. The molecule has 1 saturated heterocycles. The molecule has 174 valence electrons. The first-order valence-electron chi connectivity index (χ1n) is 11.1. The van der Waals surface area contributed by atoms with Crippen LogP contribution in [0, 0.1) is 17.3 Å². The van der Waals surface area contributed by atoms with Gasteiger partial charge < -0.3 is 9.84 Å². The lowest BCUT2D eigenvalue weighted by Gasteiger charge is -2.40. The highest BCUT2D eigenvalue weighted by Crippen LogP contribution is 2.41. The van der Waals surface area contributed by atoms with Crippen molar-refractivity contribution in [2.45, 2.75) is 31.9 Å². The van der Waals surface area contributed by atoms with Gasteiger partial charge in [0.15, 0.2) is 0 Å². The van der Waals surface area contributed by atoms with Crippen molar-refractivity contribution in [3.05, 3.63) is 57.4 Å². The van der Waals surface area contributed by atoms with E-state index < -0.39 is 6.17 Å². The number of aliphatic hydroxyl groups is 1. The maximum atomic E-state index is 15.5. The van der Waals surface area contributed by atoms with Crippen LogP contribution in [0.15, 0.2) is 41.2 Å². The average molecular weight is 487 g/mol. The molecule has 3 aromatic rings. The standard InChI is InChI=1S/C26H28ClFN2O2S/c1-32-20-4-5-24-21(15-20)25(22(27)16-29-24)23(28)6-8-26(18-31)9-12-30(13-10-26)11-2-3-19-7-14-33-17-19/h4-5,7,14-17,23,31H,6,8-13,18H2,1H3/t23-/m1/s1. The monoisotopic (exact) mass is 486 g/mol. The number of ether oxygens (including phenoxy) is 1. The summed E-state index contributed by atoms with van der Waals surface area (Å²) in [4.78, 5) is 6.62. The third kappa shape index (κ3) is 5.67. The Bertz CT molecular complexity index is 1130. The van der Waals surface area contributed by atoms with Crippen molar-refractivity contribution in [1.82, 2.24) is 9.88 Å². The molecule has 33 heavy (non-hydrogen) atoms. The summed E-state index contributed by atoms with van der Waals surface area (Å²) >= 11 is 8.02. The molecule has 0 radical (unpaired) electrons. The quantitative estimate of drug-likeness (QED) is 0.424. The SMILES string of the molecule is COc1ccc2ncc(Cl)c([C@H](F)CCC3(CO)CCN(CC#Cc4ccsc4)CC3)c2c1. The first kappa shape index (κ1) is 24.0. The average Bonchev–Trinajstić information content (AvgIpc) is 3.36. The van der Waals surface area contributed by atoms with Crippen LogP contribution >= 0.6 is 22.9 Å². The Kier molecular flexibility index (Phi) is 7.87. The van der Waals surface area contributed by atoms with Crippen molar-refractivity contribution < 1.29 is 14.2 Å². The number of likely N-dealkylation sites (tertiary alicyclic amines) is 1. The fourth-order valence-electron chi connectivity index (χ4n) is 4.45. The van der Waals surface area contributed by atoms with E-state index in [9.17, 15) is 5.11 Å². The fourth-order valence-corrected chi connectivity index (χ4v) is 5.31. The number of fused-ring (bicyclic) bond motifs is 1. The second kappa shape index (κ2) is 10.8. The lowest BCUT2D eigenvalue weighted by Crippen LogP contribution is -2.42. The molecule has 4 nitrogen and oxygen atoms in total. The van der Waals surface area contributed by atoms with E-state index in [1.807, 2.05) is 22.9 Å². The number of benzene rings is 1. The summed E-state index contributed by atoms with van der Waals surface area (Å²) in [6.45, 7) is 2.48. The van der Waals surface area contributed by atoms with Crippen LogP contribution in [-0.4, -0.2) is 48.3 Å². The predicted octanol–water partition coefficient (Wildman–Crippen LogP) is 5.88. The molecule has 1 aromatic carbocycles. The van der Waals surface area contributed by atoms with Gasteiger partial charge in [-0.2, -0.15) is 11.3 Å². The highest BCUT2D eigenvalue weighted by molar-refractivity contribution is 7.08. The van der Waals surface area contributed by atoms with Gasteiger partial charge in [-0.15, -0.1) is 0 Å². The van der Waals surface area contributed by atoms with E-state index >= 15 is 4.39 Å². The van der Waals surface area contributed by atoms with E-state index in [1.165, 1.54) is 6.20 Å². The Morgan fingerprint density at radius 1 is 1.33 bits per heavy atom. The minimum Gasteiger partial charge on any atom is -0.497 e. The summed E-state index contributed by atoms with van der Waals surface area (Å²) in [5.74, 6) is 7.06. The number of methoxy groups -OCH3 is 1. The minimum absolute atomic E-state index is 0.0623. The lowest BCUT2D eigenvalue weighted by molar-refractivity contribution is 0.0344. The van der Waals surface area contributed by atoms with Crippen molar-refractivity contribution in [2.75, 3.05) is 33.4 Å². The highest BCUT2D eigenvalue weighted by atomic mass is 35.5. The van der Waals surface area contributed by atoms with Gasteiger partial charge >= 0.3 is 0 Å². The van der Waals surface area contributed by atoms with Crippen LogP contribution in [0.4, 0.5) is 4.39 Å². The minimum atomic E-state index is -1.24. The zero-order valence-electron chi connectivity index (χ0n) is 18.7. The van der Waals surface area contributed by atoms with Gasteiger partial charge in [0.25, 0.3) is 0 Å². The Hall–Kier alpha value is -2.17. The molecule has 1 fully saturated rings. The maximum absolute atomic E-state index is 15.5. The molecule has 0 aliphatic carbocycles. The molecule has 2 aromatic heterocycles. The number of thiophene rings is 1. The van der Waals surface area contributed by atoms with Crippen molar-refractivity contribution in [2.24, 2.45) is 5.41 Å². The summed E-state index contributed by atoms with van der Waals surface area (Å²) in [5.41, 5.74) is 1.92. The molecule has 1 N–H and O–H groups in total. The van der Waals surface area contributed by atoms with Crippen LogP contribution in [0.25, 0.3) is 10.9 Å². The Labute approximate surface area is 203 Å². The highest BCUT2D eigenvalue weighted by Gasteiger charge is 2.35. The zero-order valence-corrected chi connectivity index (χ0v) is 20.3. The Morgan fingerprint density at radius 2 is 2.15 bits per heavy atom. The number of aromatic nitrogens is 1. The van der Waals surface area contributed by atoms with E-state index in [1.54, 1.807) is 30.6 Å². The van der Waals surface area contributed by atoms with Crippen LogP contribution in [0.1, 0.15) is 43.0 Å². The van der Waals surface area contributed by atoms with Crippen LogP contribution in [0.3, 0.4) is 0 Å². The smallest absolute Gasteiger partial charge is 0.127 e. The van der Waals surface area contributed by atoms with Gasteiger partial charge in [0.1, 0.15) is 11.9 Å². The van der Waals surface area contributed by atoms with Crippen LogP contribution in [-0.2, 0) is 0 Å².